The van der Waals surface area contributed by atoms with Crippen molar-refractivity contribution in [2.24, 2.45) is 5.73 Å². The van der Waals surface area contributed by atoms with Crippen molar-refractivity contribution in [1.82, 2.24) is 0 Å². The molecule has 3 N–H and O–H groups in total. The standard InChI is InChI=1S/C23H25NO5/c1-26-17-9-11-19(21(13-17)28-3)23(24,15-5-7-16(25)8-6-15)20-12-10-18(27-2)14-22(20)29-4/h5-14,25H,24H2,1-4H3. The molecule has 0 aliphatic rings. The van der Waals surface area contributed by atoms with E-state index in [-0.39, 0.29) is 5.75 Å². The molecule has 0 saturated heterocycles. The molecule has 0 saturated carbocycles. The van der Waals surface area contributed by atoms with Crippen LogP contribution >= 0.6 is 0 Å². The highest BCUT2D eigenvalue weighted by molar-refractivity contribution is 5.60. The number of benzene rings is 3. The van der Waals surface area contributed by atoms with Gasteiger partial charge in [0.25, 0.3) is 0 Å². The van der Waals surface area contributed by atoms with Crippen molar-refractivity contribution in [3.8, 4) is 28.7 Å². The highest BCUT2D eigenvalue weighted by Crippen LogP contribution is 2.44. The molecule has 3 rings (SSSR count). The topological polar surface area (TPSA) is 83.2 Å². The number of methoxy groups -OCH3 is 4. The summed E-state index contributed by atoms with van der Waals surface area (Å²) in [5.74, 6) is 2.59. The summed E-state index contributed by atoms with van der Waals surface area (Å²) in [6, 6.07) is 17.7. The average molecular weight is 395 g/mol. The van der Waals surface area contributed by atoms with Gasteiger partial charge in [-0.05, 0) is 42.0 Å². The van der Waals surface area contributed by atoms with Gasteiger partial charge in [-0.25, -0.2) is 0 Å². The molecule has 0 atom stereocenters. The SMILES string of the molecule is COc1ccc(C(N)(c2ccc(O)cc2)c2ccc(OC)cc2OC)c(OC)c1. The van der Waals surface area contributed by atoms with Gasteiger partial charge in [0.1, 0.15) is 28.7 Å². The third kappa shape index (κ3) is 3.67. The summed E-state index contributed by atoms with van der Waals surface area (Å²) in [7, 11) is 6.36. The Hall–Kier alpha value is -3.38. The summed E-state index contributed by atoms with van der Waals surface area (Å²) >= 11 is 0. The molecule has 0 heterocycles. The highest BCUT2D eigenvalue weighted by atomic mass is 16.5. The van der Waals surface area contributed by atoms with Crippen LogP contribution in [-0.4, -0.2) is 33.5 Å². The summed E-state index contributed by atoms with van der Waals surface area (Å²) in [5, 5.41) is 9.78. The van der Waals surface area contributed by atoms with Gasteiger partial charge in [0, 0.05) is 23.3 Å². The summed E-state index contributed by atoms with van der Waals surface area (Å²) < 4.78 is 22.0. The van der Waals surface area contributed by atoms with Gasteiger partial charge in [-0.2, -0.15) is 0 Å². The second-order valence-electron chi connectivity index (χ2n) is 6.49. The molecule has 0 radical (unpaired) electrons. The van der Waals surface area contributed by atoms with Crippen LogP contribution in [0.15, 0.2) is 60.7 Å². The van der Waals surface area contributed by atoms with E-state index in [1.165, 1.54) is 0 Å². The Labute approximate surface area is 170 Å². The lowest BCUT2D eigenvalue weighted by Crippen LogP contribution is -2.40. The van der Waals surface area contributed by atoms with Gasteiger partial charge in [-0.15, -0.1) is 0 Å². The predicted octanol–water partition coefficient (Wildman–Crippen LogP) is 3.68. The van der Waals surface area contributed by atoms with Crippen molar-refractivity contribution < 1.29 is 24.1 Å². The minimum absolute atomic E-state index is 0.152. The van der Waals surface area contributed by atoms with Gasteiger partial charge in [0.05, 0.1) is 34.0 Å². The van der Waals surface area contributed by atoms with E-state index in [4.69, 9.17) is 24.7 Å². The molecular formula is C23H25NO5. The Balaban J connectivity index is 2.34. The number of rotatable bonds is 7. The Morgan fingerprint density at radius 2 is 1.10 bits per heavy atom. The smallest absolute Gasteiger partial charge is 0.128 e. The quantitative estimate of drug-likeness (QED) is 0.594. The number of nitrogens with two attached hydrogens (primary N) is 1. The molecule has 0 aromatic heterocycles. The molecule has 6 heteroatoms. The summed E-state index contributed by atoms with van der Waals surface area (Å²) in [5.41, 5.74) is 8.18. The van der Waals surface area contributed by atoms with Crippen LogP contribution in [0.25, 0.3) is 0 Å². The normalized spacial score (nSPS) is 11.1. The number of hydrogen-bond acceptors (Lipinski definition) is 6. The maximum Gasteiger partial charge on any atom is 0.128 e. The Morgan fingerprint density at radius 3 is 1.48 bits per heavy atom. The van der Waals surface area contributed by atoms with Crippen molar-refractivity contribution in [1.29, 1.82) is 0 Å². The Bertz CT molecular complexity index is 930. The van der Waals surface area contributed by atoms with E-state index in [1.54, 1.807) is 64.8 Å². The van der Waals surface area contributed by atoms with Crippen molar-refractivity contribution in [2.45, 2.75) is 5.54 Å². The molecule has 3 aromatic rings. The monoisotopic (exact) mass is 395 g/mol. The zero-order chi connectivity index (χ0) is 21.0. The third-order valence-corrected chi connectivity index (χ3v) is 4.99. The lowest BCUT2D eigenvalue weighted by Gasteiger charge is -2.34. The zero-order valence-electron chi connectivity index (χ0n) is 16.9. The fourth-order valence-corrected chi connectivity index (χ4v) is 3.43. The average Bonchev–Trinajstić information content (AvgIpc) is 2.78. The van der Waals surface area contributed by atoms with Crippen molar-refractivity contribution in [2.75, 3.05) is 28.4 Å². The fraction of sp³-hybridized carbons (Fsp3) is 0.217. The minimum Gasteiger partial charge on any atom is -0.508 e. The van der Waals surface area contributed by atoms with Crippen LogP contribution in [0.2, 0.25) is 0 Å². The van der Waals surface area contributed by atoms with Crippen LogP contribution in [-0.2, 0) is 5.54 Å². The molecular weight excluding hydrogens is 370 g/mol. The highest BCUT2D eigenvalue weighted by Gasteiger charge is 2.37. The van der Waals surface area contributed by atoms with Crippen molar-refractivity contribution >= 4 is 0 Å². The summed E-state index contributed by atoms with van der Waals surface area (Å²) in [6.07, 6.45) is 0. The zero-order valence-corrected chi connectivity index (χ0v) is 16.9. The fourth-order valence-electron chi connectivity index (χ4n) is 3.43. The largest absolute Gasteiger partial charge is 0.508 e. The van der Waals surface area contributed by atoms with E-state index in [9.17, 15) is 5.11 Å². The van der Waals surface area contributed by atoms with E-state index in [0.29, 0.717) is 23.0 Å². The van der Waals surface area contributed by atoms with Crippen LogP contribution in [0.4, 0.5) is 0 Å². The molecule has 0 aliphatic heterocycles. The molecule has 152 valence electrons. The molecule has 3 aromatic carbocycles. The summed E-state index contributed by atoms with van der Waals surface area (Å²) in [6.45, 7) is 0. The van der Waals surface area contributed by atoms with E-state index < -0.39 is 5.54 Å². The molecule has 29 heavy (non-hydrogen) atoms. The maximum atomic E-state index is 9.78. The number of aromatic hydroxyl groups is 1. The van der Waals surface area contributed by atoms with Crippen molar-refractivity contribution in [3.05, 3.63) is 77.4 Å². The Kier molecular flexibility index (Phi) is 5.84. The second kappa shape index (κ2) is 8.32. The predicted molar refractivity (Wildman–Crippen MR) is 111 cm³/mol. The van der Waals surface area contributed by atoms with Crippen LogP contribution in [0.5, 0.6) is 28.7 Å². The van der Waals surface area contributed by atoms with E-state index >= 15 is 0 Å². The lowest BCUT2D eigenvalue weighted by atomic mass is 9.77. The first-order valence-corrected chi connectivity index (χ1v) is 9.01. The van der Waals surface area contributed by atoms with Crippen molar-refractivity contribution in [3.63, 3.8) is 0 Å². The first-order valence-electron chi connectivity index (χ1n) is 9.01. The number of ether oxygens (including phenoxy) is 4. The summed E-state index contributed by atoms with van der Waals surface area (Å²) in [4.78, 5) is 0. The lowest BCUT2D eigenvalue weighted by molar-refractivity contribution is 0.376. The van der Waals surface area contributed by atoms with Gasteiger partial charge in [-0.3, -0.25) is 0 Å². The van der Waals surface area contributed by atoms with Crippen LogP contribution in [0, 0.1) is 0 Å². The molecule has 0 spiro atoms. The van der Waals surface area contributed by atoms with Gasteiger partial charge in [0.15, 0.2) is 0 Å². The molecule has 0 aliphatic carbocycles. The second-order valence-corrected chi connectivity index (χ2v) is 6.49. The molecule has 0 amide bonds. The van der Waals surface area contributed by atoms with E-state index in [1.807, 2.05) is 24.3 Å². The minimum atomic E-state index is -1.14. The number of phenolic OH excluding ortho intramolecular Hbond substituents is 1. The first kappa shape index (κ1) is 20.4. The van der Waals surface area contributed by atoms with Crippen LogP contribution in [0.3, 0.4) is 0 Å². The van der Waals surface area contributed by atoms with Gasteiger partial charge < -0.3 is 29.8 Å². The Morgan fingerprint density at radius 1 is 0.655 bits per heavy atom. The molecule has 0 fully saturated rings. The molecule has 0 unspecified atom stereocenters. The van der Waals surface area contributed by atoms with Crippen LogP contribution < -0.4 is 24.7 Å². The maximum absolute atomic E-state index is 9.78. The first-order chi connectivity index (χ1) is 14.0. The number of hydrogen-bond donors (Lipinski definition) is 2. The van der Waals surface area contributed by atoms with E-state index in [2.05, 4.69) is 0 Å². The van der Waals surface area contributed by atoms with E-state index in [0.717, 1.165) is 16.7 Å². The van der Waals surface area contributed by atoms with Crippen LogP contribution in [0.1, 0.15) is 16.7 Å². The van der Waals surface area contributed by atoms with Gasteiger partial charge >= 0.3 is 0 Å². The molecule has 0 bridgehead atoms. The number of phenols is 1. The van der Waals surface area contributed by atoms with Gasteiger partial charge in [0.2, 0.25) is 0 Å². The molecule has 6 nitrogen and oxygen atoms in total. The third-order valence-electron chi connectivity index (χ3n) is 4.99. The van der Waals surface area contributed by atoms with Gasteiger partial charge in [-0.1, -0.05) is 12.1 Å².